The molecule has 0 saturated carbocycles. The predicted octanol–water partition coefficient (Wildman–Crippen LogP) is 4.06. The van der Waals surface area contributed by atoms with Gasteiger partial charge < -0.3 is 9.73 Å². The molecular weight excluding hydrogens is 210 g/mol. The number of rotatable bonds is 5. The van der Waals surface area contributed by atoms with E-state index in [1.165, 1.54) is 17.4 Å². The first-order valence-corrected chi connectivity index (χ1v) is 6.49. The predicted molar refractivity (Wildman–Crippen MR) is 72.3 cm³/mol. The van der Waals surface area contributed by atoms with E-state index in [-0.39, 0.29) is 0 Å². The Kier molecular flexibility index (Phi) is 3.85. The largest absolute Gasteiger partial charge is 0.461 e. The molecule has 0 radical (unpaired) electrons. The van der Waals surface area contributed by atoms with E-state index < -0.39 is 0 Å². The molecule has 2 rings (SSSR count). The fourth-order valence-electron chi connectivity index (χ4n) is 2.48. The first kappa shape index (κ1) is 12.2. The van der Waals surface area contributed by atoms with E-state index in [1.54, 1.807) is 0 Å². The maximum atomic E-state index is 5.94. The van der Waals surface area contributed by atoms with Gasteiger partial charge in [-0.15, -0.1) is 0 Å². The molecule has 1 unspecified atom stereocenters. The molecule has 0 bridgehead atoms. The lowest BCUT2D eigenvalue weighted by Crippen LogP contribution is -2.16. The van der Waals surface area contributed by atoms with Crippen LogP contribution < -0.4 is 5.32 Å². The van der Waals surface area contributed by atoms with Gasteiger partial charge in [-0.1, -0.05) is 38.5 Å². The summed E-state index contributed by atoms with van der Waals surface area (Å²) < 4.78 is 5.94. The molecule has 0 aliphatic carbocycles. The maximum absolute atomic E-state index is 5.94. The topological polar surface area (TPSA) is 25.2 Å². The molecule has 2 heteroatoms. The summed E-state index contributed by atoms with van der Waals surface area (Å²) in [6.45, 7) is 4.37. The number of para-hydroxylation sites is 1. The lowest BCUT2D eigenvalue weighted by Gasteiger charge is -2.15. The molecule has 0 aliphatic heterocycles. The SMILES string of the molecule is CCCC(NC)c1c(CC)oc2ccccc12. The first-order chi connectivity index (χ1) is 8.31. The van der Waals surface area contributed by atoms with Crippen LogP contribution in [0.1, 0.15) is 44.1 Å². The second kappa shape index (κ2) is 5.37. The highest BCUT2D eigenvalue weighted by atomic mass is 16.3. The summed E-state index contributed by atoms with van der Waals surface area (Å²) in [6.07, 6.45) is 3.27. The number of furan rings is 1. The van der Waals surface area contributed by atoms with E-state index >= 15 is 0 Å². The van der Waals surface area contributed by atoms with Gasteiger partial charge in [0.2, 0.25) is 0 Å². The lowest BCUT2D eigenvalue weighted by atomic mass is 9.98. The Bertz CT molecular complexity index is 487. The number of benzene rings is 1. The van der Waals surface area contributed by atoms with Crippen molar-refractivity contribution in [2.45, 2.75) is 39.2 Å². The van der Waals surface area contributed by atoms with Crippen LogP contribution in [0.5, 0.6) is 0 Å². The highest BCUT2D eigenvalue weighted by Gasteiger charge is 2.19. The Labute approximate surface area is 103 Å². The summed E-state index contributed by atoms with van der Waals surface area (Å²) in [7, 11) is 2.03. The normalized spacial score (nSPS) is 13.1. The molecule has 1 heterocycles. The minimum Gasteiger partial charge on any atom is -0.461 e. The van der Waals surface area contributed by atoms with Crippen molar-refractivity contribution < 1.29 is 4.42 Å². The van der Waals surface area contributed by atoms with Gasteiger partial charge in [0, 0.05) is 23.4 Å². The van der Waals surface area contributed by atoms with Gasteiger partial charge in [0.1, 0.15) is 11.3 Å². The summed E-state index contributed by atoms with van der Waals surface area (Å²) in [5.41, 5.74) is 2.36. The van der Waals surface area contributed by atoms with Crippen LogP contribution in [0.15, 0.2) is 28.7 Å². The summed E-state index contributed by atoms with van der Waals surface area (Å²) in [5, 5.41) is 4.67. The minimum atomic E-state index is 0.401. The van der Waals surface area contributed by atoms with E-state index in [4.69, 9.17) is 4.42 Å². The van der Waals surface area contributed by atoms with Gasteiger partial charge in [-0.2, -0.15) is 0 Å². The summed E-state index contributed by atoms with van der Waals surface area (Å²) in [5.74, 6) is 1.12. The van der Waals surface area contributed by atoms with E-state index in [0.29, 0.717) is 6.04 Å². The van der Waals surface area contributed by atoms with Gasteiger partial charge in [0.05, 0.1) is 0 Å². The van der Waals surface area contributed by atoms with Crippen molar-refractivity contribution in [2.24, 2.45) is 0 Å². The average Bonchev–Trinajstić information content (AvgIpc) is 2.74. The molecule has 0 amide bonds. The molecule has 1 aromatic heterocycles. The molecule has 0 spiro atoms. The quantitative estimate of drug-likeness (QED) is 0.839. The Hall–Kier alpha value is -1.28. The minimum absolute atomic E-state index is 0.401. The average molecular weight is 231 g/mol. The summed E-state index contributed by atoms with van der Waals surface area (Å²) >= 11 is 0. The van der Waals surface area contributed by atoms with Crippen LogP contribution in [0, 0.1) is 0 Å². The zero-order valence-electron chi connectivity index (χ0n) is 10.9. The third-order valence-electron chi connectivity index (χ3n) is 3.31. The van der Waals surface area contributed by atoms with Crippen molar-refractivity contribution in [1.29, 1.82) is 0 Å². The molecule has 1 atom stereocenters. The molecule has 17 heavy (non-hydrogen) atoms. The highest BCUT2D eigenvalue weighted by molar-refractivity contribution is 5.82. The van der Waals surface area contributed by atoms with Crippen molar-refractivity contribution in [1.82, 2.24) is 5.32 Å². The van der Waals surface area contributed by atoms with Gasteiger partial charge in [-0.05, 0) is 19.5 Å². The first-order valence-electron chi connectivity index (χ1n) is 6.49. The van der Waals surface area contributed by atoms with E-state index in [9.17, 15) is 0 Å². The molecule has 1 aromatic carbocycles. The van der Waals surface area contributed by atoms with E-state index in [1.807, 2.05) is 13.1 Å². The molecular formula is C15H21NO. The van der Waals surface area contributed by atoms with Crippen LogP contribution in [-0.2, 0) is 6.42 Å². The zero-order valence-corrected chi connectivity index (χ0v) is 10.9. The van der Waals surface area contributed by atoms with Gasteiger partial charge in [0.15, 0.2) is 0 Å². The molecule has 0 fully saturated rings. The van der Waals surface area contributed by atoms with Crippen LogP contribution in [0.25, 0.3) is 11.0 Å². The molecule has 92 valence electrons. The molecule has 2 aromatic rings. The number of nitrogens with one attached hydrogen (secondary N) is 1. The molecule has 0 aliphatic rings. The number of hydrogen-bond donors (Lipinski definition) is 1. The van der Waals surface area contributed by atoms with Crippen LogP contribution >= 0.6 is 0 Å². The van der Waals surface area contributed by atoms with Crippen LogP contribution in [-0.4, -0.2) is 7.05 Å². The summed E-state index contributed by atoms with van der Waals surface area (Å²) in [4.78, 5) is 0. The maximum Gasteiger partial charge on any atom is 0.134 e. The fourth-order valence-corrected chi connectivity index (χ4v) is 2.48. The van der Waals surface area contributed by atoms with Gasteiger partial charge >= 0.3 is 0 Å². The standard InChI is InChI=1S/C15H21NO/c1-4-8-12(16-3)15-11-9-6-7-10-14(11)17-13(15)5-2/h6-7,9-10,12,16H,4-5,8H2,1-3H3. The van der Waals surface area contributed by atoms with Crippen LogP contribution in [0.2, 0.25) is 0 Å². The second-order valence-corrected chi connectivity index (χ2v) is 4.42. The van der Waals surface area contributed by atoms with Crippen molar-refractivity contribution in [3.05, 3.63) is 35.6 Å². The number of hydrogen-bond acceptors (Lipinski definition) is 2. The zero-order chi connectivity index (χ0) is 12.3. The fraction of sp³-hybridized carbons (Fsp3) is 0.467. The van der Waals surface area contributed by atoms with Crippen molar-refractivity contribution in [2.75, 3.05) is 7.05 Å². The Morgan fingerprint density at radius 2 is 2.00 bits per heavy atom. The van der Waals surface area contributed by atoms with Gasteiger partial charge in [-0.3, -0.25) is 0 Å². The summed E-state index contributed by atoms with van der Waals surface area (Å²) in [6, 6.07) is 8.73. The molecule has 1 N–H and O–H groups in total. The van der Waals surface area contributed by atoms with Crippen LogP contribution in [0.3, 0.4) is 0 Å². The Balaban J connectivity index is 2.55. The third-order valence-corrected chi connectivity index (χ3v) is 3.31. The number of fused-ring (bicyclic) bond motifs is 1. The Morgan fingerprint density at radius 1 is 1.24 bits per heavy atom. The van der Waals surface area contributed by atoms with Gasteiger partial charge in [0.25, 0.3) is 0 Å². The van der Waals surface area contributed by atoms with Gasteiger partial charge in [-0.25, -0.2) is 0 Å². The lowest BCUT2D eigenvalue weighted by molar-refractivity contribution is 0.502. The number of aryl methyl sites for hydroxylation is 1. The second-order valence-electron chi connectivity index (χ2n) is 4.42. The van der Waals surface area contributed by atoms with Crippen molar-refractivity contribution >= 4 is 11.0 Å². The highest BCUT2D eigenvalue weighted by Crippen LogP contribution is 2.33. The van der Waals surface area contributed by atoms with Crippen molar-refractivity contribution in [3.63, 3.8) is 0 Å². The molecule has 0 saturated heterocycles. The van der Waals surface area contributed by atoms with Crippen molar-refractivity contribution in [3.8, 4) is 0 Å². The van der Waals surface area contributed by atoms with E-state index in [0.717, 1.165) is 24.2 Å². The Morgan fingerprint density at radius 3 is 2.65 bits per heavy atom. The van der Waals surface area contributed by atoms with Crippen LogP contribution in [0.4, 0.5) is 0 Å². The monoisotopic (exact) mass is 231 g/mol. The third kappa shape index (κ3) is 2.22. The van der Waals surface area contributed by atoms with E-state index in [2.05, 4.69) is 37.4 Å². The smallest absolute Gasteiger partial charge is 0.134 e. The molecule has 2 nitrogen and oxygen atoms in total.